The molecule has 138 valence electrons. The van der Waals surface area contributed by atoms with Crippen molar-refractivity contribution in [1.29, 1.82) is 0 Å². The molecule has 6 nitrogen and oxygen atoms in total. The molecule has 0 bridgehead atoms. The van der Waals surface area contributed by atoms with Crippen LogP contribution in [0.2, 0.25) is 0 Å². The Hall–Kier alpha value is -1.37. The van der Waals surface area contributed by atoms with E-state index in [1.54, 1.807) is 6.26 Å². The highest BCUT2D eigenvalue weighted by Crippen LogP contribution is 2.32. The van der Waals surface area contributed by atoms with E-state index in [0.29, 0.717) is 18.8 Å². The summed E-state index contributed by atoms with van der Waals surface area (Å²) in [6, 6.07) is 2.53. The third-order valence-electron chi connectivity index (χ3n) is 5.70. The second kappa shape index (κ2) is 7.89. The second-order valence-electron chi connectivity index (χ2n) is 7.44. The summed E-state index contributed by atoms with van der Waals surface area (Å²) in [5.74, 6) is 0.123. The van der Waals surface area contributed by atoms with Crippen LogP contribution in [0.5, 0.6) is 0 Å². The fourth-order valence-corrected chi connectivity index (χ4v) is 4.36. The Balaban J connectivity index is 1.19. The number of rotatable bonds is 6. The highest BCUT2D eigenvalue weighted by atomic mass is 16.5. The minimum atomic E-state index is 0.123. The molecule has 0 spiro atoms. The predicted molar refractivity (Wildman–Crippen MR) is 92.1 cm³/mol. The fourth-order valence-electron chi connectivity index (χ4n) is 4.36. The van der Waals surface area contributed by atoms with Crippen molar-refractivity contribution in [2.24, 2.45) is 0 Å². The molecule has 3 fully saturated rings. The first-order valence-corrected chi connectivity index (χ1v) is 9.56. The maximum atomic E-state index is 12.0. The Bertz CT molecular complexity index is 556. The van der Waals surface area contributed by atoms with Crippen molar-refractivity contribution in [3.05, 3.63) is 24.2 Å². The molecule has 0 aliphatic carbocycles. The number of ether oxygens (including phenoxy) is 2. The standard InChI is InChI=1S/C19H28N2O4/c22-19(20-7-1-2-8-20)14-24-13-16-3-4-17-18(25-16)5-9-21(17)11-15-6-10-23-12-15/h6,10,12,16-18H,1-5,7-9,11,13-14H2/t16-,17+,18+/m0/s1. The molecular weight excluding hydrogens is 320 g/mol. The molecule has 6 heteroatoms. The molecule has 0 radical (unpaired) electrons. The van der Waals surface area contributed by atoms with Gasteiger partial charge in [0, 0.05) is 37.8 Å². The Morgan fingerprint density at radius 1 is 1.20 bits per heavy atom. The lowest BCUT2D eigenvalue weighted by Gasteiger charge is -2.35. The van der Waals surface area contributed by atoms with Crippen LogP contribution < -0.4 is 0 Å². The Labute approximate surface area is 149 Å². The van der Waals surface area contributed by atoms with Crippen molar-refractivity contribution >= 4 is 5.91 Å². The van der Waals surface area contributed by atoms with Crippen LogP contribution in [0.25, 0.3) is 0 Å². The second-order valence-corrected chi connectivity index (χ2v) is 7.44. The molecular formula is C19H28N2O4. The van der Waals surface area contributed by atoms with Crippen molar-refractivity contribution in [1.82, 2.24) is 9.80 Å². The zero-order chi connectivity index (χ0) is 17.1. The van der Waals surface area contributed by atoms with Gasteiger partial charge in [-0.15, -0.1) is 0 Å². The van der Waals surface area contributed by atoms with E-state index in [9.17, 15) is 4.79 Å². The molecule has 3 aliphatic heterocycles. The molecule has 3 saturated heterocycles. The van der Waals surface area contributed by atoms with Gasteiger partial charge in [-0.2, -0.15) is 0 Å². The van der Waals surface area contributed by atoms with Crippen LogP contribution >= 0.6 is 0 Å². The van der Waals surface area contributed by atoms with Crippen LogP contribution in [0.4, 0.5) is 0 Å². The number of nitrogens with zero attached hydrogens (tertiary/aromatic N) is 2. The molecule has 0 N–H and O–H groups in total. The van der Waals surface area contributed by atoms with Crippen LogP contribution in [-0.4, -0.2) is 66.8 Å². The van der Waals surface area contributed by atoms with Crippen LogP contribution in [-0.2, 0) is 20.8 Å². The molecule has 1 aromatic heterocycles. The first-order chi connectivity index (χ1) is 12.3. The topological polar surface area (TPSA) is 55.1 Å². The highest BCUT2D eigenvalue weighted by molar-refractivity contribution is 5.77. The van der Waals surface area contributed by atoms with Gasteiger partial charge < -0.3 is 18.8 Å². The number of carbonyl (C=O) groups is 1. The van der Waals surface area contributed by atoms with E-state index in [-0.39, 0.29) is 18.6 Å². The quantitative estimate of drug-likeness (QED) is 0.787. The summed E-state index contributed by atoms with van der Waals surface area (Å²) in [5.41, 5.74) is 1.23. The number of hydrogen-bond donors (Lipinski definition) is 0. The summed E-state index contributed by atoms with van der Waals surface area (Å²) in [6.45, 7) is 4.51. The largest absolute Gasteiger partial charge is 0.472 e. The lowest BCUT2D eigenvalue weighted by molar-refractivity contribution is -0.139. The van der Waals surface area contributed by atoms with Gasteiger partial charge in [0.05, 0.1) is 31.3 Å². The molecule has 25 heavy (non-hydrogen) atoms. The molecule has 3 atom stereocenters. The third-order valence-corrected chi connectivity index (χ3v) is 5.70. The molecule has 3 aliphatic rings. The molecule has 0 unspecified atom stereocenters. The molecule has 4 heterocycles. The monoisotopic (exact) mass is 348 g/mol. The average Bonchev–Trinajstić information content (AvgIpc) is 3.37. The summed E-state index contributed by atoms with van der Waals surface area (Å²) in [7, 11) is 0. The van der Waals surface area contributed by atoms with Gasteiger partial charge in [0.25, 0.3) is 0 Å². The summed E-state index contributed by atoms with van der Waals surface area (Å²) < 4.78 is 17.1. The molecule has 1 aromatic rings. The van der Waals surface area contributed by atoms with Crippen molar-refractivity contribution in [3.8, 4) is 0 Å². The van der Waals surface area contributed by atoms with E-state index in [4.69, 9.17) is 13.9 Å². The Kier molecular flexibility index (Phi) is 5.39. The smallest absolute Gasteiger partial charge is 0.248 e. The van der Waals surface area contributed by atoms with Gasteiger partial charge in [-0.1, -0.05) is 0 Å². The van der Waals surface area contributed by atoms with Crippen molar-refractivity contribution < 1.29 is 18.7 Å². The van der Waals surface area contributed by atoms with Gasteiger partial charge in [0.15, 0.2) is 0 Å². The maximum absolute atomic E-state index is 12.0. The van der Waals surface area contributed by atoms with E-state index in [0.717, 1.165) is 58.3 Å². The predicted octanol–water partition coefficient (Wildman–Crippen LogP) is 2.04. The van der Waals surface area contributed by atoms with E-state index in [1.807, 2.05) is 17.2 Å². The molecule has 0 aromatic carbocycles. The SMILES string of the molecule is O=C(COC[C@@H]1CC[C@@H]2[C@@H](CCN2Cc2ccoc2)O1)N1CCCC1. The number of carbonyl (C=O) groups excluding carboxylic acids is 1. The summed E-state index contributed by atoms with van der Waals surface area (Å²) in [6.07, 6.45) is 9.43. The fraction of sp³-hybridized carbons (Fsp3) is 0.737. The summed E-state index contributed by atoms with van der Waals surface area (Å²) >= 11 is 0. The van der Waals surface area contributed by atoms with E-state index in [2.05, 4.69) is 4.90 Å². The van der Waals surface area contributed by atoms with Gasteiger partial charge in [-0.3, -0.25) is 9.69 Å². The number of amides is 1. The van der Waals surface area contributed by atoms with Crippen molar-refractivity contribution in [3.63, 3.8) is 0 Å². The van der Waals surface area contributed by atoms with Gasteiger partial charge in [-0.05, 0) is 38.2 Å². The van der Waals surface area contributed by atoms with Crippen LogP contribution in [0.1, 0.15) is 37.7 Å². The highest BCUT2D eigenvalue weighted by Gasteiger charge is 2.39. The average molecular weight is 348 g/mol. The van der Waals surface area contributed by atoms with Gasteiger partial charge in [0.1, 0.15) is 6.61 Å². The van der Waals surface area contributed by atoms with E-state index < -0.39 is 0 Å². The third kappa shape index (κ3) is 4.07. The number of furan rings is 1. The summed E-state index contributed by atoms with van der Waals surface area (Å²) in [4.78, 5) is 16.4. The minimum absolute atomic E-state index is 0.123. The van der Waals surface area contributed by atoms with Crippen LogP contribution in [0.3, 0.4) is 0 Å². The Morgan fingerprint density at radius 2 is 2.08 bits per heavy atom. The van der Waals surface area contributed by atoms with Crippen LogP contribution in [0, 0.1) is 0 Å². The van der Waals surface area contributed by atoms with Gasteiger partial charge in [0.2, 0.25) is 5.91 Å². The first kappa shape index (κ1) is 17.1. The molecule has 0 saturated carbocycles. The summed E-state index contributed by atoms with van der Waals surface area (Å²) in [5, 5.41) is 0. The lowest BCUT2D eigenvalue weighted by atomic mass is 9.99. The molecule has 4 rings (SSSR count). The lowest BCUT2D eigenvalue weighted by Crippen LogP contribution is -2.43. The van der Waals surface area contributed by atoms with E-state index in [1.165, 1.54) is 5.56 Å². The van der Waals surface area contributed by atoms with Crippen molar-refractivity contribution in [2.75, 3.05) is 32.8 Å². The minimum Gasteiger partial charge on any atom is -0.472 e. The number of hydrogen-bond acceptors (Lipinski definition) is 5. The number of fused-ring (bicyclic) bond motifs is 1. The Morgan fingerprint density at radius 3 is 2.88 bits per heavy atom. The zero-order valence-electron chi connectivity index (χ0n) is 14.8. The van der Waals surface area contributed by atoms with E-state index >= 15 is 0 Å². The zero-order valence-corrected chi connectivity index (χ0v) is 14.8. The van der Waals surface area contributed by atoms with Gasteiger partial charge in [-0.25, -0.2) is 0 Å². The van der Waals surface area contributed by atoms with Gasteiger partial charge >= 0.3 is 0 Å². The number of likely N-dealkylation sites (tertiary alicyclic amines) is 2. The maximum Gasteiger partial charge on any atom is 0.248 e. The normalized spacial score (nSPS) is 29.9. The van der Waals surface area contributed by atoms with Crippen molar-refractivity contribution in [2.45, 2.75) is 56.9 Å². The van der Waals surface area contributed by atoms with Crippen LogP contribution in [0.15, 0.2) is 23.0 Å². The molecule has 1 amide bonds. The first-order valence-electron chi connectivity index (χ1n) is 9.56.